The van der Waals surface area contributed by atoms with E-state index >= 15 is 0 Å². The fourth-order valence-electron chi connectivity index (χ4n) is 2.56. The Kier molecular flexibility index (Phi) is 4.56. The first-order chi connectivity index (χ1) is 9.11. The molecule has 1 saturated heterocycles. The largest absolute Gasteiger partial charge is 0.393 e. The third-order valence-corrected chi connectivity index (χ3v) is 3.89. The molecule has 0 aliphatic carbocycles. The first kappa shape index (κ1) is 14.0. The fourth-order valence-corrected chi connectivity index (χ4v) is 2.56. The highest BCUT2D eigenvalue weighted by Crippen LogP contribution is 2.18. The molecule has 2 unspecified atom stereocenters. The van der Waals surface area contributed by atoms with Gasteiger partial charge in [-0.2, -0.15) is 0 Å². The van der Waals surface area contributed by atoms with Crippen molar-refractivity contribution in [3.63, 3.8) is 0 Å². The van der Waals surface area contributed by atoms with Crippen LogP contribution in [0.5, 0.6) is 0 Å². The van der Waals surface area contributed by atoms with E-state index in [-0.39, 0.29) is 17.9 Å². The van der Waals surface area contributed by atoms with Crippen LogP contribution in [0.4, 0.5) is 0 Å². The maximum atomic E-state index is 12.3. The van der Waals surface area contributed by atoms with Crippen molar-refractivity contribution in [2.24, 2.45) is 11.7 Å². The standard InChI is InChI=1S/C15H22N2O2/c1-11-10-17(7-6-14(11)18)15(19)8-12-4-2-3-5-13(12)9-16/h2-5,11,14,18H,6-10,16H2,1H3. The van der Waals surface area contributed by atoms with Gasteiger partial charge >= 0.3 is 0 Å². The Bertz CT molecular complexity index is 448. The van der Waals surface area contributed by atoms with Gasteiger partial charge in [-0.3, -0.25) is 4.79 Å². The highest BCUT2D eigenvalue weighted by atomic mass is 16.3. The number of hydrogen-bond donors (Lipinski definition) is 2. The topological polar surface area (TPSA) is 66.6 Å². The van der Waals surface area contributed by atoms with Crippen molar-refractivity contribution in [2.75, 3.05) is 13.1 Å². The van der Waals surface area contributed by atoms with Crippen molar-refractivity contribution in [2.45, 2.75) is 32.4 Å². The zero-order chi connectivity index (χ0) is 13.8. The molecule has 1 heterocycles. The molecule has 4 heteroatoms. The second kappa shape index (κ2) is 6.17. The van der Waals surface area contributed by atoms with Gasteiger partial charge < -0.3 is 15.7 Å². The molecule has 2 rings (SSSR count). The summed E-state index contributed by atoms with van der Waals surface area (Å²) < 4.78 is 0. The van der Waals surface area contributed by atoms with Gasteiger partial charge in [-0.15, -0.1) is 0 Å². The van der Waals surface area contributed by atoms with Gasteiger partial charge in [-0.25, -0.2) is 0 Å². The molecule has 1 aromatic carbocycles. The maximum absolute atomic E-state index is 12.3. The monoisotopic (exact) mass is 262 g/mol. The summed E-state index contributed by atoms with van der Waals surface area (Å²) in [7, 11) is 0. The minimum atomic E-state index is -0.277. The smallest absolute Gasteiger partial charge is 0.227 e. The molecular weight excluding hydrogens is 240 g/mol. The number of aliphatic hydroxyl groups excluding tert-OH is 1. The molecule has 0 aromatic heterocycles. The summed E-state index contributed by atoms with van der Waals surface area (Å²) in [6.45, 7) is 3.73. The van der Waals surface area contributed by atoms with Crippen LogP contribution in [0.25, 0.3) is 0 Å². The Morgan fingerprint density at radius 1 is 1.42 bits per heavy atom. The van der Waals surface area contributed by atoms with Crippen LogP contribution in [0.1, 0.15) is 24.5 Å². The lowest BCUT2D eigenvalue weighted by Gasteiger charge is -2.34. The molecule has 4 nitrogen and oxygen atoms in total. The number of hydrogen-bond acceptors (Lipinski definition) is 3. The van der Waals surface area contributed by atoms with E-state index in [0.29, 0.717) is 32.5 Å². The summed E-state index contributed by atoms with van der Waals surface area (Å²) in [5, 5.41) is 9.69. The third-order valence-electron chi connectivity index (χ3n) is 3.89. The number of carbonyl (C=O) groups is 1. The summed E-state index contributed by atoms with van der Waals surface area (Å²) in [5.41, 5.74) is 7.72. The zero-order valence-electron chi connectivity index (χ0n) is 11.4. The number of nitrogens with two attached hydrogens (primary N) is 1. The molecule has 0 radical (unpaired) electrons. The Labute approximate surface area is 114 Å². The Balaban J connectivity index is 2.01. The minimum absolute atomic E-state index is 0.125. The molecular formula is C15H22N2O2. The van der Waals surface area contributed by atoms with Gasteiger partial charge in [-0.05, 0) is 23.5 Å². The van der Waals surface area contributed by atoms with Crippen LogP contribution in [-0.4, -0.2) is 35.1 Å². The highest BCUT2D eigenvalue weighted by molar-refractivity contribution is 5.79. The highest BCUT2D eigenvalue weighted by Gasteiger charge is 2.27. The average molecular weight is 262 g/mol. The summed E-state index contributed by atoms with van der Waals surface area (Å²) in [6.07, 6.45) is 0.794. The lowest BCUT2D eigenvalue weighted by Crippen LogP contribution is -2.45. The van der Waals surface area contributed by atoms with E-state index in [4.69, 9.17) is 5.73 Å². The molecule has 0 spiro atoms. The number of rotatable bonds is 3. The number of piperidine rings is 1. The predicted octanol–water partition coefficient (Wildman–Crippen LogP) is 0.917. The van der Waals surface area contributed by atoms with E-state index < -0.39 is 0 Å². The minimum Gasteiger partial charge on any atom is -0.393 e. The molecule has 0 saturated carbocycles. The van der Waals surface area contributed by atoms with Crippen molar-refractivity contribution in [1.29, 1.82) is 0 Å². The van der Waals surface area contributed by atoms with Gasteiger partial charge in [0.25, 0.3) is 0 Å². The van der Waals surface area contributed by atoms with Gasteiger partial charge in [0.15, 0.2) is 0 Å². The van der Waals surface area contributed by atoms with E-state index in [9.17, 15) is 9.90 Å². The Morgan fingerprint density at radius 2 is 2.11 bits per heavy atom. The average Bonchev–Trinajstić information content (AvgIpc) is 2.42. The van der Waals surface area contributed by atoms with Gasteiger partial charge in [0.2, 0.25) is 5.91 Å². The third kappa shape index (κ3) is 3.33. The van der Waals surface area contributed by atoms with Gasteiger partial charge in [-0.1, -0.05) is 31.2 Å². The number of amides is 1. The second-order valence-electron chi connectivity index (χ2n) is 5.32. The maximum Gasteiger partial charge on any atom is 0.227 e. The van der Waals surface area contributed by atoms with Crippen LogP contribution in [0, 0.1) is 5.92 Å². The van der Waals surface area contributed by atoms with E-state index in [2.05, 4.69) is 0 Å². The molecule has 0 bridgehead atoms. The van der Waals surface area contributed by atoms with Crippen LogP contribution in [0.2, 0.25) is 0 Å². The molecule has 1 aromatic rings. The number of carbonyl (C=O) groups excluding carboxylic acids is 1. The van der Waals surface area contributed by atoms with E-state index in [1.54, 1.807) is 0 Å². The van der Waals surface area contributed by atoms with Gasteiger partial charge in [0, 0.05) is 19.6 Å². The first-order valence-electron chi connectivity index (χ1n) is 6.84. The number of benzene rings is 1. The molecule has 104 valence electrons. The normalized spacial score (nSPS) is 23.4. The predicted molar refractivity (Wildman–Crippen MR) is 74.4 cm³/mol. The molecule has 3 N–H and O–H groups in total. The summed E-state index contributed by atoms with van der Waals surface area (Å²) in [4.78, 5) is 14.1. The quantitative estimate of drug-likeness (QED) is 0.851. The van der Waals surface area contributed by atoms with Gasteiger partial charge in [0.05, 0.1) is 12.5 Å². The van der Waals surface area contributed by atoms with Crippen molar-refractivity contribution < 1.29 is 9.90 Å². The van der Waals surface area contributed by atoms with Crippen molar-refractivity contribution in [3.8, 4) is 0 Å². The molecule has 1 aliphatic rings. The Morgan fingerprint density at radius 3 is 2.74 bits per heavy atom. The van der Waals surface area contributed by atoms with Crippen molar-refractivity contribution in [1.82, 2.24) is 4.90 Å². The zero-order valence-corrected chi connectivity index (χ0v) is 11.4. The van der Waals surface area contributed by atoms with Gasteiger partial charge in [0.1, 0.15) is 0 Å². The molecule has 1 aliphatic heterocycles. The molecule has 1 amide bonds. The first-order valence-corrected chi connectivity index (χ1v) is 6.84. The summed E-state index contributed by atoms with van der Waals surface area (Å²) in [5.74, 6) is 0.280. The lowest BCUT2D eigenvalue weighted by atomic mass is 9.96. The van der Waals surface area contributed by atoms with Crippen LogP contribution in [-0.2, 0) is 17.8 Å². The number of nitrogens with zero attached hydrogens (tertiary/aromatic N) is 1. The van der Waals surface area contributed by atoms with E-state index in [1.165, 1.54) is 0 Å². The Hall–Kier alpha value is -1.39. The summed E-state index contributed by atoms with van der Waals surface area (Å²) in [6, 6.07) is 7.80. The molecule has 19 heavy (non-hydrogen) atoms. The lowest BCUT2D eigenvalue weighted by molar-refractivity contribution is -0.133. The second-order valence-corrected chi connectivity index (χ2v) is 5.32. The van der Waals surface area contributed by atoms with Crippen LogP contribution in [0.3, 0.4) is 0 Å². The fraction of sp³-hybridized carbons (Fsp3) is 0.533. The molecule has 1 fully saturated rings. The van der Waals surface area contributed by atoms with E-state index in [1.807, 2.05) is 36.1 Å². The van der Waals surface area contributed by atoms with Crippen LogP contribution in [0.15, 0.2) is 24.3 Å². The molecule has 2 atom stereocenters. The van der Waals surface area contributed by atoms with E-state index in [0.717, 1.165) is 11.1 Å². The van der Waals surface area contributed by atoms with Crippen LogP contribution >= 0.6 is 0 Å². The SMILES string of the molecule is CC1CN(C(=O)Cc2ccccc2CN)CCC1O. The van der Waals surface area contributed by atoms with Crippen LogP contribution < -0.4 is 5.73 Å². The number of likely N-dealkylation sites (tertiary alicyclic amines) is 1. The van der Waals surface area contributed by atoms with Crippen molar-refractivity contribution in [3.05, 3.63) is 35.4 Å². The number of aliphatic hydroxyl groups is 1. The summed E-state index contributed by atoms with van der Waals surface area (Å²) >= 11 is 0. The van der Waals surface area contributed by atoms with Crippen molar-refractivity contribution >= 4 is 5.91 Å².